The molecule has 5 heterocycles. The second-order valence-corrected chi connectivity index (χ2v) is 14.0. The Morgan fingerprint density at radius 3 is 2.43 bits per heavy atom. The molecule has 3 aliphatic heterocycles. The van der Waals surface area contributed by atoms with Crippen molar-refractivity contribution in [2.75, 3.05) is 55.2 Å². The second-order valence-electron chi connectivity index (χ2n) is 11.9. The number of nitrogens with zero attached hydrogens (tertiary/aromatic N) is 6. The van der Waals surface area contributed by atoms with E-state index in [0.29, 0.717) is 51.5 Å². The number of aromatic nitrogens is 3. The largest absolute Gasteiger partial charge is 0.432 e. The van der Waals surface area contributed by atoms with Gasteiger partial charge in [0, 0.05) is 62.8 Å². The SMILES string of the molecule is O=C1CCN(c2cccc3c2ccn3C2CCN(CCCS(=O)(=O)N3CCC(Nc4ncc(OC(F)F)cn4)CC3)CC2)C(=O)N1. The molecule has 0 radical (unpaired) electrons. The number of anilines is 2. The fraction of sp³-hybridized carbons (Fsp3) is 0.533. The van der Waals surface area contributed by atoms with Crippen LogP contribution in [-0.2, 0) is 14.8 Å². The van der Waals surface area contributed by atoms with Crippen LogP contribution in [0.5, 0.6) is 5.75 Å². The van der Waals surface area contributed by atoms with Crippen LogP contribution in [-0.4, -0.2) is 102 Å². The van der Waals surface area contributed by atoms with Crippen molar-refractivity contribution < 1.29 is 31.5 Å². The first-order valence-electron chi connectivity index (χ1n) is 15.6. The second kappa shape index (κ2) is 13.8. The van der Waals surface area contributed by atoms with Crippen molar-refractivity contribution in [2.24, 2.45) is 0 Å². The van der Waals surface area contributed by atoms with E-state index >= 15 is 0 Å². The van der Waals surface area contributed by atoms with E-state index in [4.69, 9.17) is 0 Å². The number of ether oxygens (including phenoxy) is 1. The zero-order chi connectivity index (χ0) is 32.3. The van der Waals surface area contributed by atoms with Gasteiger partial charge in [0.2, 0.25) is 21.9 Å². The molecule has 2 N–H and O–H groups in total. The summed E-state index contributed by atoms with van der Waals surface area (Å²) in [5.74, 6) is 0.00164. The molecule has 0 unspecified atom stereocenters. The van der Waals surface area contributed by atoms with E-state index in [1.807, 2.05) is 18.2 Å². The summed E-state index contributed by atoms with van der Waals surface area (Å²) >= 11 is 0. The Morgan fingerprint density at radius 1 is 1.00 bits per heavy atom. The van der Waals surface area contributed by atoms with Crippen LogP contribution >= 0.6 is 0 Å². The number of benzene rings is 1. The molecule has 16 heteroatoms. The summed E-state index contributed by atoms with van der Waals surface area (Å²) in [7, 11) is -3.38. The number of nitrogens with one attached hydrogen (secondary N) is 2. The summed E-state index contributed by atoms with van der Waals surface area (Å²) in [6, 6.07) is 7.82. The third kappa shape index (κ3) is 7.39. The molecule has 2 aromatic heterocycles. The number of urea groups is 1. The van der Waals surface area contributed by atoms with E-state index in [-0.39, 0.29) is 35.8 Å². The highest BCUT2D eigenvalue weighted by molar-refractivity contribution is 7.89. The molecule has 3 aromatic rings. The molecule has 46 heavy (non-hydrogen) atoms. The Kier molecular flexibility index (Phi) is 9.65. The van der Waals surface area contributed by atoms with Gasteiger partial charge in [-0.3, -0.25) is 15.0 Å². The smallest absolute Gasteiger partial charge is 0.387 e. The van der Waals surface area contributed by atoms with E-state index in [1.54, 1.807) is 9.21 Å². The van der Waals surface area contributed by atoms with Gasteiger partial charge in [0.15, 0.2) is 5.75 Å². The van der Waals surface area contributed by atoms with Crippen LogP contribution in [0.1, 0.15) is 44.6 Å². The molecular weight excluding hydrogens is 622 g/mol. The zero-order valence-electron chi connectivity index (χ0n) is 25.4. The highest BCUT2D eigenvalue weighted by Gasteiger charge is 2.30. The lowest BCUT2D eigenvalue weighted by Gasteiger charge is -2.34. The lowest BCUT2D eigenvalue weighted by atomic mass is 10.0. The van der Waals surface area contributed by atoms with E-state index in [1.165, 1.54) is 12.4 Å². The van der Waals surface area contributed by atoms with E-state index < -0.39 is 22.7 Å². The molecule has 0 bridgehead atoms. The standard InChI is InChI=1S/C30H38F2N8O5S/c31-28(32)45-23-19-33-29(34-20-23)35-21-5-14-38(15-6-21)46(43,44)18-2-11-37-12-7-22(8-13-37)39-16-9-24-25(39)3-1-4-26(24)40-17-10-27(41)36-30(40)42/h1,3-4,9,16,19-22,28H,2,5-8,10-15,17-18H2,(H,33,34,35)(H,36,41,42). The Hall–Kier alpha value is -3.89. The number of rotatable bonds is 11. The number of halogens is 2. The minimum absolute atomic E-state index is 0.0199. The van der Waals surface area contributed by atoms with Gasteiger partial charge >= 0.3 is 12.6 Å². The minimum Gasteiger partial charge on any atom is -0.432 e. The monoisotopic (exact) mass is 660 g/mol. The van der Waals surface area contributed by atoms with Crippen LogP contribution in [0.4, 0.5) is 25.2 Å². The van der Waals surface area contributed by atoms with Gasteiger partial charge in [0.05, 0.1) is 29.4 Å². The molecule has 13 nitrogen and oxygen atoms in total. The molecule has 0 atom stereocenters. The number of imide groups is 1. The highest BCUT2D eigenvalue weighted by Crippen LogP contribution is 2.33. The van der Waals surface area contributed by atoms with Gasteiger partial charge in [-0.25, -0.2) is 27.5 Å². The van der Waals surface area contributed by atoms with Crippen molar-refractivity contribution in [3.8, 4) is 5.75 Å². The summed E-state index contributed by atoms with van der Waals surface area (Å²) in [6.07, 6.45) is 8.30. The lowest BCUT2D eigenvalue weighted by Crippen LogP contribution is -2.49. The number of fused-ring (bicyclic) bond motifs is 1. The number of sulfonamides is 1. The number of piperidine rings is 2. The van der Waals surface area contributed by atoms with Crippen LogP contribution in [0.2, 0.25) is 0 Å². The van der Waals surface area contributed by atoms with Crippen LogP contribution in [0.15, 0.2) is 42.9 Å². The predicted molar refractivity (Wildman–Crippen MR) is 167 cm³/mol. The highest BCUT2D eigenvalue weighted by atomic mass is 32.2. The maximum atomic E-state index is 13.1. The molecular formula is C30H38F2N8O5S. The molecule has 3 fully saturated rings. The quantitative estimate of drug-likeness (QED) is 0.317. The summed E-state index contributed by atoms with van der Waals surface area (Å²) in [4.78, 5) is 36.0. The summed E-state index contributed by atoms with van der Waals surface area (Å²) in [6.45, 7) is 0.654. The first-order valence-corrected chi connectivity index (χ1v) is 17.2. The average Bonchev–Trinajstić information content (AvgIpc) is 3.47. The van der Waals surface area contributed by atoms with Gasteiger partial charge in [-0.1, -0.05) is 6.07 Å². The van der Waals surface area contributed by atoms with Crippen molar-refractivity contribution in [3.63, 3.8) is 0 Å². The van der Waals surface area contributed by atoms with E-state index in [9.17, 15) is 26.8 Å². The van der Waals surface area contributed by atoms with Crippen molar-refractivity contribution in [1.29, 1.82) is 0 Å². The summed E-state index contributed by atoms with van der Waals surface area (Å²) in [5, 5.41) is 6.51. The normalized spacial score (nSPS) is 19.6. The average molecular weight is 661 g/mol. The number of hydrogen-bond acceptors (Lipinski definition) is 9. The van der Waals surface area contributed by atoms with Crippen LogP contribution in [0.3, 0.4) is 0 Å². The molecule has 3 amide bonds. The Labute approximate surface area is 265 Å². The minimum atomic E-state index is -3.38. The van der Waals surface area contributed by atoms with Gasteiger partial charge in [0.1, 0.15) is 0 Å². The van der Waals surface area contributed by atoms with Crippen molar-refractivity contribution in [2.45, 2.75) is 57.2 Å². The number of amides is 3. The molecule has 0 saturated carbocycles. The Bertz CT molecular complexity index is 1640. The van der Waals surface area contributed by atoms with Crippen molar-refractivity contribution in [1.82, 2.24) is 29.1 Å². The van der Waals surface area contributed by atoms with E-state index in [0.717, 1.165) is 42.5 Å². The van der Waals surface area contributed by atoms with Gasteiger partial charge < -0.3 is 19.5 Å². The molecule has 0 spiro atoms. The maximum absolute atomic E-state index is 13.1. The molecule has 1 aromatic carbocycles. The van der Waals surface area contributed by atoms with Gasteiger partial charge in [-0.15, -0.1) is 0 Å². The predicted octanol–water partition coefficient (Wildman–Crippen LogP) is 3.41. The number of likely N-dealkylation sites (tertiary alicyclic amines) is 1. The first kappa shape index (κ1) is 32.1. The van der Waals surface area contributed by atoms with Crippen LogP contribution < -0.4 is 20.3 Å². The number of alkyl halides is 2. The summed E-state index contributed by atoms with van der Waals surface area (Å²) in [5.41, 5.74) is 1.85. The van der Waals surface area contributed by atoms with Gasteiger partial charge in [-0.05, 0) is 56.8 Å². The fourth-order valence-corrected chi connectivity index (χ4v) is 8.08. The number of hydrogen-bond donors (Lipinski definition) is 2. The Balaban J connectivity index is 0.940. The fourth-order valence-electron chi connectivity index (χ4n) is 6.56. The Morgan fingerprint density at radius 2 is 1.74 bits per heavy atom. The van der Waals surface area contributed by atoms with Gasteiger partial charge in [-0.2, -0.15) is 8.78 Å². The number of carbonyl (C=O) groups excluding carboxylic acids is 2. The topological polar surface area (TPSA) is 142 Å². The molecule has 248 valence electrons. The van der Waals surface area contributed by atoms with Crippen LogP contribution in [0, 0.1) is 0 Å². The molecule has 6 rings (SSSR count). The van der Waals surface area contributed by atoms with Crippen molar-refractivity contribution in [3.05, 3.63) is 42.9 Å². The number of carbonyl (C=O) groups is 2. The lowest BCUT2D eigenvalue weighted by molar-refractivity contribution is -0.120. The van der Waals surface area contributed by atoms with E-state index in [2.05, 4.69) is 47.1 Å². The van der Waals surface area contributed by atoms with Gasteiger partial charge in [0.25, 0.3) is 0 Å². The van der Waals surface area contributed by atoms with Crippen molar-refractivity contribution >= 4 is 44.5 Å². The maximum Gasteiger partial charge on any atom is 0.387 e. The van der Waals surface area contributed by atoms with Crippen LogP contribution in [0.25, 0.3) is 10.9 Å². The molecule has 3 saturated heterocycles. The third-order valence-corrected chi connectivity index (χ3v) is 10.9. The third-order valence-electron chi connectivity index (χ3n) is 8.95. The molecule has 3 aliphatic rings. The zero-order valence-corrected chi connectivity index (χ0v) is 26.2. The first-order chi connectivity index (χ1) is 22.2. The molecule has 0 aliphatic carbocycles. The summed E-state index contributed by atoms with van der Waals surface area (Å²) < 4.78 is 58.8.